The average molecular weight is 517 g/mol. The molecular formula is C22H23ClN7O4S-. The second-order valence-electron chi connectivity index (χ2n) is 8.54. The second-order valence-corrected chi connectivity index (χ2v) is 9.65. The van der Waals surface area contributed by atoms with Crippen molar-refractivity contribution in [2.24, 2.45) is 0 Å². The topological polar surface area (TPSA) is 145 Å². The van der Waals surface area contributed by atoms with Gasteiger partial charge in [-0.2, -0.15) is 5.10 Å². The van der Waals surface area contributed by atoms with Crippen LogP contribution in [0.1, 0.15) is 25.3 Å². The lowest BCUT2D eigenvalue weighted by Crippen LogP contribution is -2.44. The highest BCUT2D eigenvalue weighted by atomic mass is 35.5. The minimum Gasteiger partial charge on any atom is -0.760 e. The maximum absolute atomic E-state index is 10.9. The van der Waals surface area contributed by atoms with Gasteiger partial charge in [0.05, 0.1) is 36.0 Å². The van der Waals surface area contributed by atoms with Crippen molar-refractivity contribution < 1.29 is 17.9 Å². The van der Waals surface area contributed by atoms with Crippen molar-refractivity contribution in [3.05, 3.63) is 47.2 Å². The maximum Gasteiger partial charge on any atom is 0.248 e. The molecule has 1 unspecified atom stereocenters. The summed E-state index contributed by atoms with van der Waals surface area (Å²) in [6.07, 6.45) is 3.62. The minimum atomic E-state index is -2.41. The van der Waals surface area contributed by atoms with Crippen LogP contribution in [0.3, 0.4) is 0 Å². The number of halogens is 1. The van der Waals surface area contributed by atoms with E-state index in [0.717, 1.165) is 40.7 Å². The Morgan fingerprint density at radius 3 is 2.77 bits per heavy atom. The van der Waals surface area contributed by atoms with Crippen LogP contribution in [0.4, 0.5) is 0 Å². The lowest BCUT2D eigenvalue weighted by atomic mass is 10.0. The first-order valence-corrected chi connectivity index (χ1v) is 12.5. The number of hydrogen-bond donors (Lipinski definition) is 2. The molecule has 0 bridgehead atoms. The van der Waals surface area contributed by atoms with E-state index < -0.39 is 11.3 Å². The van der Waals surface area contributed by atoms with E-state index in [9.17, 15) is 8.76 Å². The lowest BCUT2D eigenvalue weighted by Gasteiger charge is -2.34. The van der Waals surface area contributed by atoms with Gasteiger partial charge in [0.2, 0.25) is 11.8 Å². The molecule has 35 heavy (non-hydrogen) atoms. The fraction of sp³-hybridized carbons (Fsp3) is 0.364. The molecule has 2 N–H and O–H groups in total. The number of fused-ring (bicyclic) bond motifs is 1. The van der Waals surface area contributed by atoms with Crippen LogP contribution in [0, 0.1) is 0 Å². The van der Waals surface area contributed by atoms with Crippen LogP contribution in [0.25, 0.3) is 33.5 Å². The molecular weight excluding hydrogens is 494 g/mol. The summed E-state index contributed by atoms with van der Waals surface area (Å²) in [5.74, 6) is 0.906. The first-order valence-electron chi connectivity index (χ1n) is 11.0. The van der Waals surface area contributed by atoms with E-state index in [1.165, 1.54) is 0 Å². The number of H-pyrrole nitrogens is 1. The highest BCUT2D eigenvalue weighted by Crippen LogP contribution is 2.33. The number of nitrogens with zero attached hydrogens (tertiary/aromatic N) is 5. The van der Waals surface area contributed by atoms with E-state index in [-0.39, 0.29) is 23.9 Å². The van der Waals surface area contributed by atoms with Crippen molar-refractivity contribution in [1.29, 1.82) is 0 Å². The normalized spacial score (nSPS) is 19.9. The summed E-state index contributed by atoms with van der Waals surface area (Å²) in [6, 6.07) is 5.63. The van der Waals surface area contributed by atoms with E-state index in [1.54, 1.807) is 18.5 Å². The van der Waals surface area contributed by atoms with Crippen molar-refractivity contribution in [2.75, 3.05) is 13.1 Å². The monoisotopic (exact) mass is 516 g/mol. The van der Waals surface area contributed by atoms with Gasteiger partial charge in [-0.15, -0.1) is 10.2 Å². The standard InChI is InChI=1S/C22H24ClN7O4S/c1-12-9-30(10-13(2)33-12)11-20-28-29-22(34-20)17-4-14(5-19-18(17)8-25-27-19)15-3-16(7-26-35(31)32)21(23)24-6-15/h3-6,8,12-13,26H,7,9-11H2,1-2H3,(H,25,27)(H,31,32)/p-1/t12-,13+. The van der Waals surface area contributed by atoms with Crippen LogP contribution in [0.5, 0.6) is 0 Å². The van der Waals surface area contributed by atoms with E-state index in [4.69, 9.17) is 20.8 Å². The molecule has 3 atom stereocenters. The van der Waals surface area contributed by atoms with Gasteiger partial charge in [0.25, 0.3) is 0 Å². The predicted octanol–water partition coefficient (Wildman–Crippen LogP) is 2.82. The van der Waals surface area contributed by atoms with Crippen molar-refractivity contribution in [2.45, 2.75) is 39.1 Å². The third-order valence-corrected chi connectivity index (χ3v) is 6.46. The van der Waals surface area contributed by atoms with Gasteiger partial charge in [-0.3, -0.25) is 14.2 Å². The maximum atomic E-state index is 10.9. The summed E-state index contributed by atoms with van der Waals surface area (Å²) in [4.78, 5) is 6.46. The Kier molecular flexibility index (Phi) is 6.91. The second kappa shape index (κ2) is 10.1. The number of ether oxygens (including phenoxy) is 1. The fourth-order valence-electron chi connectivity index (χ4n) is 4.34. The third kappa shape index (κ3) is 5.42. The summed E-state index contributed by atoms with van der Waals surface area (Å²) < 4.78 is 36.0. The van der Waals surface area contributed by atoms with Crippen LogP contribution in [0.15, 0.2) is 35.0 Å². The molecule has 1 aliphatic heterocycles. The van der Waals surface area contributed by atoms with Crippen LogP contribution in [0.2, 0.25) is 5.15 Å². The Morgan fingerprint density at radius 1 is 1.20 bits per heavy atom. The van der Waals surface area contributed by atoms with Crippen molar-refractivity contribution in [3.8, 4) is 22.6 Å². The summed E-state index contributed by atoms with van der Waals surface area (Å²) in [5.41, 5.74) is 3.61. The Bertz CT molecular complexity index is 1370. The molecule has 4 aromatic rings. The van der Waals surface area contributed by atoms with Gasteiger partial charge < -0.3 is 13.7 Å². The van der Waals surface area contributed by atoms with Crippen molar-refractivity contribution in [3.63, 3.8) is 0 Å². The summed E-state index contributed by atoms with van der Waals surface area (Å²) in [6.45, 7) is 6.26. The zero-order valence-electron chi connectivity index (χ0n) is 19.0. The van der Waals surface area contributed by atoms with Crippen LogP contribution < -0.4 is 4.72 Å². The average Bonchev–Trinajstić information content (AvgIpc) is 3.46. The molecule has 13 heteroatoms. The first kappa shape index (κ1) is 24.0. The van der Waals surface area contributed by atoms with Gasteiger partial charge in [-0.25, -0.2) is 9.71 Å². The number of aromatic nitrogens is 5. The number of hydrogen-bond acceptors (Lipinski definition) is 9. The number of pyridine rings is 1. The van der Waals surface area contributed by atoms with Crippen LogP contribution in [-0.4, -0.2) is 64.3 Å². The fourth-order valence-corrected chi connectivity index (χ4v) is 4.78. The third-order valence-electron chi connectivity index (χ3n) is 5.74. The highest BCUT2D eigenvalue weighted by molar-refractivity contribution is 7.77. The number of morpholine rings is 1. The van der Waals surface area contributed by atoms with Crippen LogP contribution in [-0.2, 0) is 29.1 Å². The molecule has 0 aliphatic carbocycles. The van der Waals surface area contributed by atoms with E-state index >= 15 is 0 Å². The van der Waals surface area contributed by atoms with E-state index in [2.05, 4.69) is 48.8 Å². The molecule has 11 nitrogen and oxygen atoms in total. The number of aromatic amines is 1. The molecule has 1 aliphatic rings. The lowest BCUT2D eigenvalue weighted by molar-refractivity contribution is -0.0721. The Balaban J connectivity index is 1.46. The van der Waals surface area contributed by atoms with Crippen molar-refractivity contribution in [1.82, 2.24) is 35.0 Å². The Hall–Kier alpha value is -2.74. The molecule has 0 saturated carbocycles. The van der Waals surface area contributed by atoms with Gasteiger partial charge in [-0.05, 0) is 37.6 Å². The molecule has 1 aromatic carbocycles. The number of benzene rings is 1. The quantitative estimate of drug-likeness (QED) is 0.279. The molecule has 0 amide bonds. The summed E-state index contributed by atoms with van der Waals surface area (Å²) in [7, 11) is 0. The SMILES string of the molecule is C[C@@H]1CN(Cc2nnc(-c3cc(-c4cnc(Cl)c(CNS(=O)[O-])c4)cc4[nH]ncc34)o2)C[C@H](C)O1. The molecule has 4 heterocycles. The molecule has 1 saturated heterocycles. The molecule has 0 radical (unpaired) electrons. The molecule has 0 spiro atoms. The number of nitrogens with one attached hydrogen (secondary N) is 2. The first-order chi connectivity index (χ1) is 16.9. The molecule has 3 aromatic heterocycles. The van der Waals surface area contributed by atoms with Crippen molar-refractivity contribution >= 4 is 33.8 Å². The summed E-state index contributed by atoms with van der Waals surface area (Å²) in [5, 5.41) is 16.8. The van der Waals surface area contributed by atoms with Gasteiger partial charge in [0.15, 0.2) is 0 Å². The van der Waals surface area contributed by atoms with Gasteiger partial charge >= 0.3 is 0 Å². The largest absolute Gasteiger partial charge is 0.760 e. The Labute approximate surface area is 208 Å². The highest BCUT2D eigenvalue weighted by Gasteiger charge is 2.24. The molecule has 1 fully saturated rings. The zero-order chi connectivity index (χ0) is 24.5. The molecule has 5 rings (SSSR count). The summed E-state index contributed by atoms with van der Waals surface area (Å²) >= 11 is 3.75. The van der Waals surface area contributed by atoms with E-state index in [1.807, 2.05) is 12.1 Å². The van der Waals surface area contributed by atoms with E-state index in [0.29, 0.717) is 23.9 Å². The van der Waals surface area contributed by atoms with Crippen LogP contribution >= 0.6 is 11.6 Å². The smallest absolute Gasteiger partial charge is 0.248 e. The van der Waals surface area contributed by atoms with Gasteiger partial charge in [-0.1, -0.05) is 11.6 Å². The zero-order valence-corrected chi connectivity index (χ0v) is 20.6. The van der Waals surface area contributed by atoms with Gasteiger partial charge in [0, 0.05) is 53.6 Å². The molecule has 184 valence electrons. The number of rotatable bonds is 7. The minimum absolute atomic E-state index is 0.0285. The Morgan fingerprint density at radius 2 is 2.00 bits per heavy atom. The predicted molar refractivity (Wildman–Crippen MR) is 129 cm³/mol. The van der Waals surface area contributed by atoms with Gasteiger partial charge in [0.1, 0.15) is 5.15 Å².